The first-order valence-corrected chi connectivity index (χ1v) is 11.4. The van der Waals surface area contributed by atoms with Gasteiger partial charge in [0.1, 0.15) is 17.2 Å². The van der Waals surface area contributed by atoms with Crippen LogP contribution < -0.4 is 9.47 Å². The summed E-state index contributed by atoms with van der Waals surface area (Å²) < 4.78 is 18.5. The lowest BCUT2D eigenvalue weighted by molar-refractivity contribution is 0.0116. The van der Waals surface area contributed by atoms with Crippen LogP contribution in [0.25, 0.3) is 0 Å². The molecular formula is C29H27ClO4. The Hall–Kier alpha value is -3.47. The van der Waals surface area contributed by atoms with Crippen molar-refractivity contribution in [2.75, 3.05) is 20.8 Å². The first-order chi connectivity index (χ1) is 16.6. The molecule has 4 rings (SSSR count). The van der Waals surface area contributed by atoms with E-state index in [2.05, 4.69) is 12.1 Å². The van der Waals surface area contributed by atoms with Crippen molar-refractivity contribution in [3.05, 3.63) is 124 Å². The highest BCUT2D eigenvalue weighted by atomic mass is 35.5. The standard InChI is InChI=1S/C29H27ClO4/c1-32-27-14-8-6-12-23(27)29(22-10-4-3-5-11-22,24-13-7-9-15-28(24)33-2)34-19-18-21-16-17-26(31)25(30)20-21/h3-17,20,31H,18-19H2,1-2H3. The van der Waals surface area contributed by atoms with E-state index < -0.39 is 5.60 Å². The van der Waals surface area contributed by atoms with Gasteiger partial charge in [0.2, 0.25) is 0 Å². The number of phenols is 1. The smallest absolute Gasteiger partial charge is 0.150 e. The van der Waals surface area contributed by atoms with Crippen molar-refractivity contribution in [3.63, 3.8) is 0 Å². The third kappa shape index (κ3) is 4.60. The largest absolute Gasteiger partial charge is 0.506 e. The number of hydrogen-bond donors (Lipinski definition) is 1. The highest BCUT2D eigenvalue weighted by Crippen LogP contribution is 2.47. The van der Waals surface area contributed by atoms with E-state index in [0.717, 1.165) is 22.3 Å². The highest BCUT2D eigenvalue weighted by Gasteiger charge is 2.42. The van der Waals surface area contributed by atoms with E-state index in [0.29, 0.717) is 29.5 Å². The summed E-state index contributed by atoms with van der Waals surface area (Å²) in [6, 6.07) is 31.1. The normalized spacial score (nSPS) is 11.3. The zero-order valence-electron chi connectivity index (χ0n) is 19.2. The summed E-state index contributed by atoms with van der Waals surface area (Å²) in [6.45, 7) is 0.381. The second-order valence-electron chi connectivity index (χ2n) is 7.83. The fourth-order valence-electron chi connectivity index (χ4n) is 4.27. The highest BCUT2D eigenvalue weighted by molar-refractivity contribution is 6.32. The lowest BCUT2D eigenvalue weighted by Crippen LogP contribution is -2.34. The maximum atomic E-state index is 9.77. The average Bonchev–Trinajstić information content (AvgIpc) is 2.89. The van der Waals surface area contributed by atoms with Crippen LogP contribution >= 0.6 is 11.6 Å². The van der Waals surface area contributed by atoms with Gasteiger partial charge in [-0.2, -0.15) is 0 Å². The predicted octanol–water partition coefficient (Wildman–Crippen LogP) is 6.61. The van der Waals surface area contributed by atoms with Gasteiger partial charge in [-0.3, -0.25) is 0 Å². The molecule has 4 nitrogen and oxygen atoms in total. The van der Waals surface area contributed by atoms with Gasteiger partial charge in [0.05, 0.1) is 25.8 Å². The zero-order chi connectivity index (χ0) is 24.0. The van der Waals surface area contributed by atoms with Gasteiger partial charge >= 0.3 is 0 Å². The SMILES string of the molecule is COc1ccccc1C(OCCc1ccc(O)c(Cl)c1)(c1ccccc1)c1ccccc1OC. The topological polar surface area (TPSA) is 47.9 Å². The average molecular weight is 475 g/mol. The molecule has 0 aromatic heterocycles. The molecule has 174 valence electrons. The Balaban J connectivity index is 1.88. The molecule has 0 aliphatic carbocycles. The van der Waals surface area contributed by atoms with Crippen molar-refractivity contribution in [1.29, 1.82) is 0 Å². The quantitative estimate of drug-likeness (QED) is 0.277. The summed E-state index contributed by atoms with van der Waals surface area (Å²) in [5, 5.41) is 10.1. The first kappa shape index (κ1) is 23.7. The molecular weight excluding hydrogens is 448 g/mol. The van der Waals surface area contributed by atoms with Crippen LogP contribution in [0.1, 0.15) is 22.3 Å². The van der Waals surface area contributed by atoms with Gasteiger partial charge in [0.25, 0.3) is 0 Å². The summed E-state index contributed by atoms with van der Waals surface area (Å²) in [4.78, 5) is 0. The van der Waals surface area contributed by atoms with E-state index in [-0.39, 0.29) is 5.75 Å². The van der Waals surface area contributed by atoms with Crippen LogP contribution in [-0.4, -0.2) is 25.9 Å². The summed E-state index contributed by atoms with van der Waals surface area (Å²) >= 11 is 6.13. The fraction of sp³-hybridized carbons (Fsp3) is 0.172. The summed E-state index contributed by atoms with van der Waals surface area (Å²) in [5.74, 6) is 1.49. The van der Waals surface area contributed by atoms with Crippen LogP contribution in [0.2, 0.25) is 5.02 Å². The monoisotopic (exact) mass is 474 g/mol. The number of para-hydroxylation sites is 2. The van der Waals surface area contributed by atoms with Gasteiger partial charge in [-0.25, -0.2) is 0 Å². The molecule has 5 heteroatoms. The summed E-state index contributed by atoms with van der Waals surface area (Å²) in [6.07, 6.45) is 0.596. The van der Waals surface area contributed by atoms with Gasteiger partial charge in [-0.05, 0) is 41.8 Å². The molecule has 0 radical (unpaired) electrons. The minimum absolute atomic E-state index is 0.0630. The molecule has 0 amide bonds. The number of phenolic OH excluding ortho intramolecular Hbond substituents is 1. The van der Waals surface area contributed by atoms with Crippen molar-refractivity contribution < 1.29 is 19.3 Å². The minimum atomic E-state index is -0.999. The van der Waals surface area contributed by atoms with Crippen molar-refractivity contribution >= 4 is 11.6 Å². The number of rotatable bonds is 9. The van der Waals surface area contributed by atoms with Crippen LogP contribution in [0.5, 0.6) is 17.2 Å². The van der Waals surface area contributed by atoms with Gasteiger partial charge in [0.15, 0.2) is 5.60 Å². The van der Waals surface area contributed by atoms with Gasteiger partial charge < -0.3 is 19.3 Å². The van der Waals surface area contributed by atoms with E-state index in [1.54, 1.807) is 26.4 Å². The van der Waals surface area contributed by atoms with Crippen LogP contribution in [0.3, 0.4) is 0 Å². The second-order valence-corrected chi connectivity index (χ2v) is 8.24. The number of ether oxygens (including phenoxy) is 3. The van der Waals surface area contributed by atoms with Gasteiger partial charge in [0, 0.05) is 11.1 Å². The molecule has 0 heterocycles. The Bertz CT molecular complexity index is 1190. The van der Waals surface area contributed by atoms with E-state index in [4.69, 9.17) is 25.8 Å². The second kappa shape index (κ2) is 10.6. The molecule has 0 saturated heterocycles. The maximum Gasteiger partial charge on any atom is 0.150 e. The Kier molecular flexibility index (Phi) is 7.41. The van der Waals surface area contributed by atoms with E-state index in [9.17, 15) is 5.11 Å². The molecule has 0 fully saturated rings. The molecule has 0 aliphatic rings. The van der Waals surface area contributed by atoms with Crippen LogP contribution in [0.4, 0.5) is 0 Å². The first-order valence-electron chi connectivity index (χ1n) is 11.0. The molecule has 0 atom stereocenters. The number of benzene rings is 4. The van der Waals surface area contributed by atoms with Crippen LogP contribution in [0.15, 0.2) is 97.1 Å². The number of halogens is 1. The summed E-state index contributed by atoms with van der Waals surface area (Å²) in [7, 11) is 3.32. The van der Waals surface area contributed by atoms with Crippen molar-refractivity contribution in [2.45, 2.75) is 12.0 Å². The molecule has 0 bridgehead atoms. The third-order valence-electron chi connectivity index (χ3n) is 5.87. The maximum absolute atomic E-state index is 9.77. The Labute approximate surface area is 205 Å². The van der Waals surface area contributed by atoms with E-state index in [1.807, 2.05) is 72.8 Å². The lowest BCUT2D eigenvalue weighted by atomic mass is 9.79. The fourth-order valence-corrected chi connectivity index (χ4v) is 4.47. The van der Waals surface area contributed by atoms with Crippen LogP contribution in [-0.2, 0) is 16.8 Å². The van der Waals surface area contributed by atoms with Crippen molar-refractivity contribution in [1.82, 2.24) is 0 Å². The predicted molar refractivity (Wildman–Crippen MR) is 135 cm³/mol. The van der Waals surface area contributed by atoms with Gasteiger partial charge in [-0.1, -0.05) is 84.4 Å². The minimum Gasteiger partial charge on any atom is -0.506 e. The third-order valence-corrected chi connectivity index (χ3v) is 6.18. The molecule has 4 aromatic rings. The lowest BCUT2D eigenvalue weighted by Gasteiger charge is -2.37. The Morgan fingerprint density at radius 3 is 1.85 bits per heavy atom. The van der Waals surface area contributed by atoms with E-state index in [1.165, 1.54) is 0 Å². The van der Waals surface area contributed by atoms with Gasteiger partial charge in [-0.15, -0.1) is 0 Å². The molecule has 1 N–H and O–H groups in total. The number of methoxy groups -OCH3 is 2. The molecule has 34 heavy (non-hydrogen) atoms. The van der Waals surface area contributed by atoms with Crippen molar-refractivity contribution in [3.8, 4) is 17.2 Å². The Morgan fingerprint density at radius 1 is 0.735 bits per heavy atom. The molecule has 0 spiro atoms. The molecule has 0 saturated carbocycles. The molecule has 4 aromatic carbocycles. The summed E-state index contributed by atoms with van der Waals surface area (Å²) in [5.41, 5.74) is 2.66. The number of hydrogen-bond acceptors (Lipinski definition) is 4. The molecule has 0 unspecified atom stereocenters. The van der Waals surface area contributed by atoms with E-state index >= 15 is 0 Å². The van der Waals surface area contributed by atoms with Crippen LogP contribution in [0, 0.1) is 0 Å². The number of aromatic hydroxyl groups is 1. The van der Waals surface area contributed by atoms with Crippen molar-refractivity contribution in [2.24, 2.45) is 0 Å². The Morgan fingerprint density at radius 2 is 1.29 bits per heavy atom. The molecule has 0 aliphatic heterocycles. The zero-order valence-corrected chi connectivity index (χ0v) is 20.0.